The van der Waals surface area contributed by atoms with Gasteiger partial charge in [0.05, 0.1) is 5.41 Å². The largest absolute Gasteiger partial charge is 0.506 e. The number of carbonyl (C=O) groups excluding carboxylic acids is 3. The molecule has 4 nitrogen and oxygen atoms in total. The zero-order valence-electron chi connectivity index (χ0n) is 23.7. The van der Waals surface area contributed by atoms with Crippen LogP contribution in [-0.2, 0) is 14.4 Å². The van der Waals surface area contributed by atoms with Crippen LogP contribution in [0.2, 0.25) is 0 Å². The number of aliphatic hydroxyl groups is 1. The predicted octanol–water partition coefficient (Wildman–Crippen LogP) is 7.76. The standard InChI is InChI=1S/C33H42O4/c1-21(2)14-15-25-20-32(18-16-22(3)4)28(35)26(27(34)24-12-10-9-11-13-24)29(36)33(30(32)37,31(25,7)8)19-17-23(5)6/h9-14,16-17,25,34H,15,18-20H2,1-8H3/b27-26-/t25-,32-,33-/m0/s1. The zero-order valence-corrected chi connectivity index (χ0v) is 23.7. The van der Waals surface area contributed by atoms with Crippen molar-refractivity contribution in [2.75, 3.05) is 0 Å². The summed E-state index contributed by atoms with van der Waals surface area (Å²) in [4.78, 5) is 43.6. The predicted molar refractivity (Wildman–Crippen MR) is 150 cm³/mol. The number of fused-ring (bicyclic) bond motifs is 2. The highest BCUT2D eigenvalue weighted by molar-refractivity contribution is 6.41. The lowest BCUT2D eigenvalue weighted by Crippen LogP contribution is -2.69. The van der Waals surface area contributed by atoms with Crippen LogP contribution in [-0.4, -0.2) is 22.5 Å². The van der Waals surface area contributed by atoms with E-state index >= 15 is 0 Å². The summed E-state index contributed by atoms with van der Waals surface area (Å²) in [5.74, 6) is -1.75. The van der Waals surface area contributed by atoms with Crippen LogP contribution in [0.4, 0.5) is 0 Å². The molecule has 2 fully saturated rings. The first-order valence-corrected chi connectivity index (χ1v) is 13.3. The molecule has 0 aromatic heterocycles. The summed E-state index contributed by atoms with van der Waals surface area (Å²) in [5.41, 5.74) is -0.236. The van der Waals surface area contributed by atoms with Crippen molar-refractivity contribution < 1.29 is 19.5 Å². The molecule has 2 bridgehead atoms. The van der Waals surface area contributed by atoms with E-state index in [0.29, 0.717) is 18.4 Å². The monoisotopic (exact) mass is 502 g/mol. The number of rotatable bonds is 7. The third kappa shape index (κ3) is 4.71. The van der Waals surface area contributed by atoms with Crippen molar-refractivity contribution in [3.05, 3.63) is 76.4 Å². The number of Topliss-reactive ketones (excluding diaryl/α,β-unsaturated/α-hetero) is 3. The molecule has 0 saturated heterocycles. The van der Waals surface area contributed by atoms with Gasteiger partial charge in [0.25, 0.3) is 0 Å². The molecule has 0 radical (unpaired) electrons. The third-order valence-electron chi connectivity index (χ3n) is 8.58. The number of allylic oxidation sites excluding steroid dienone is 7. The summed E-state index contributed by atoms with van der Waals surface area (Å²) < 4.78 is 0. The van der Waals surface area contributed by atoms with Crippen LogP contribution < -0.4 is 0 Å². The van der Waals surface area contributed by atoms with Gasteiger partial charge in [-0.05, 0) is 78.6 Å². The molecular formula is C33H42O4. The molecule has 0 aliphatic heterocycles. The van der Waals surface area contributed by atoms with Crippen molar-refractivity contribution in [1.29, 1.82) is 0 Å². The Morgan fingerprint density at radius 2 is 1.38 bits per heavy atom. The first-order valence-electron chi connectivity index (χ1n) is 13.3. The maximum absolute atomic E-state index is 14.7. The van der Waals surface area contributed by atoms with Crippen LogP contribution in [0.25, 0.3) is 5.76 Å². The van der Waals surface area contributed by atoms with E-state index in [9.17, 15) is 19.5 Å². The Balaban J connectivity index is 2.43. The highest BCUT2D eigenvalue weighted by atomic mass is 16.3. The van der Waals surface area contributed by atoms with Crippen molar-refractivity contribution in [1.82, 2.24) is 0 Å². The van der Waals surface area contributed by atoms with Crippen molar-refractivity contribution in [3.63, 3.8) is 0 Å². The average molecular weight is 503 g/mol. The zero-order chi connectivity index (χ0) is 27.8. The maximum Gasteiger partial charge on any atom is 0.184 e. The lowest BCUT2D eigenvalue weighted by atomic mass is 9.38. The number of hydrogen-bond donors (Lipinski definition) is 1. The molecule has 0 heterocycles. The van der Waals surface area contributed by atoms with Gasteiger partial charge in [-0.15, -0.1) is 0 Å². The van der Waals surface area contributed by atoms with E-state index in [1.54, 1.807) is 24.3 Å². The minimum atomic E-state index is -1.45. The van der Waals surface area contributed by atoms with Gasteiger partial charge in [0.15, 0.2) is 17.3 Å². The SMILES string of the molecule is CC(C)=CC[C@H]1C[C@@]2(CC=C(C)C)C(=O)/C(=C(/O)c3ccccc3)C(=O)[C@@](CC=C(C)C)(C2=O)C1(C)C. The molecular weight excluding hydrogens is 460 g/mol. The molecule has 37 heavy (non-hydrogen) atoms. The number of benzene rings is 1. The van der Waals surface area contributed by atoms with E-state index in [4.69, 9.17) is 0 Å². The average Bonchev–Trinajstić information content (AvgIpc) is 2.82. The summed E-state index contributed by atoms with van der Waals surface area (Å²) in [6.07, 6.45) is 7.49. The fourth-order valence-electron chi connectivity index (χ4n) is 6.13. The molecule has 2 saturated carbocycles. The Bertz CT molecular complexity index is 1210. The summed E-state index contributed by atoms with van der Waals surface area (Å²) >= 11 is 0. The lowest BCUT2D eigenvalue weighted by Gasteiger charge is -2.60. The van der Waals surface area contributed by atoms with E-state index in [-0.39, 0.29) is 35.9 Å². The number of carbonyl (C=O) groups is 3. The Morgan fingerprint density at radius 1 is 0.838 bits per heavy atom. The van der Waals surface area contributed by atoms with E-state index in [2.05, 4.69) is 6.08 Å². The number of hydrogen-bond acceptors (Lipinski definition) is 4. The topological polar surface area (TPSA) is 71.4 Å². The molecule has 2 aliphatic rings. The van der Waals surface area contributed by atoms with Gasteiger partial charge in [0.2, 0.25) is 0 Å². The second kappa shape index (κ2) is 10.4. The third-order valence-corrected chi connectivity index (χ3v) is 8.58. The van der Waals surface area contributed by atoms with E-state index in [0.717, 1.165) is 16.7 Å². The van der Waals surface area contributed by atoms with Gasteiger partial charge < -0.3 is 5.11 Å². The molecule has 3 atom stereocenters. The molecule has 1 aromatic rings. The van der Waals surface area contributed by atoms with Crippen molar-refractivity contribution in [2.24, 2.45) is 22.2 Å². The summed E-state index contributed by atoms with van der Waals surface area (Å²) in [5, 5.41) is 11.4. The van der Waals surface area contributed by atoms with E-state index < -0.39 is 27.8 Å². The van der Waals surface area contributed by atoms with E-state index in [1.165, 1.54) is 0 Å². The fraction of sp³-hybridized carbons (Fsp3) is 0.485. The van der Waals surface area contributed by atoms with Crippen molar-refractivity contribution in [3.8, 4) is 0 Å². The Hall–Kier alpha value is -3.01. The second-order valence-corrected chi connectivity index (χ2v) is 12.2. The summed E-state index contributed by atoms with van der Waals surface area (Å²) in [6.45, 7) is 15.9. The Labute approximate surface area is 222 Å². The first-order chi connectivity index (χ1) is 17.2. The highest BCUT2D eigenvalue weighted by Gasteiger charge is 2.73. The van der Waals surface area contributed by atoms with Crippen LogP contribution >= 0.6 is 0 Å². The molecule has 1 N–H and O–H groups in total. The van der Waals surface area contributed by atoms with Gasteiger partial charge in [-0.25, -0.2) is 0 Å². The van der Waals surface area contributed by atoms with Gasteiger partial charge in [0.1, 0.15) is 16.7 Å². The Morgan fingerprint density at radius 3 is 1.92 bits per heavy atom. The van der Waals surface area contributed by atoms with E-state index in [1.807, 2.05) is 73.6 Å². The van der Waals surface area contributed by atoms with Crippen LogP contribution in [0.3, 0.4) is 0 Å². The molecule has 0 unspecified atom stereocenters. The number of aliphatic hydroxyl groups excluding tert-OH is 1. The quantitative estimate of drug-likeness (QED) is 0.136. The molecule has 2 aliphatic carbocycles. The Kier molecular flexibility index (Phi) is 8.02. The smallest absolute Gasteiger partial charge is 0.184 e. The molecule has 198 valence electrons. The first kappa shape index (κ1) is 28.6. The minimum absolute atomic E-state index is 0.0652. The molecule has 0 amide bonds. The van der Waals surface area contributed by atoms with Crippen LogP contribution in [0, 0.1) is 22.2 Å². The maximum atomic E-state index is 14.7. The van der Waals surface area contributed by atoms with Gasteiger partial charge in [0, 0.05) is 5.56 Å². The summed E-state index contributed by atoms with van der Waals surface area (Å²) in [6, 6.07) is 8.70. The minimum Gasteiger partial charge on any atom is -0.506 e. The highest BCUT2D eigenvalue weighted by Crippen LogP contribution is 2.65. The van der Waals surface area contributed by atoms with Crippen LogP contribution in [0.1, 0.15) is 86.6 Å². The number of ketones is 3. The van der Waals surface area contributed by atoms with Gasteiger partial charge >= 0.3 is 0 Å². The fourth-order valence-corrected chi connectivity index (χ4v) is 6.13. The van der Waals surface area contributed by atoms with Gasteiger partial charge in [-0.2, -0.15) is 0 Å². The molecule has 3 rings (SSSR count). The lowest BCUT2D eigenvalue weighted by molar-refractivity contribution is -0.176. The van der Waals surface area contributed by atoms with Gasteiger partial charge in [-0.1, -0.05) is 79.1 Å². The van der Waals surface area contributed by atoms with Crippen molar-refractivity contribution >= 4 is 23.1 Å². The van der Waals surface area contributed by atoms with Gasteiger partial charge in [-0.3, -0.25) is 14.4 Å². The summed E-state index contributed by atoms with van der Waals surface area (Å²) in [7, 11) is 0. The van der Waals surface area contributed by atoms with Crippen molar-refractivity contribution in [2.45, 2.75) is 81.1 Å². The molecule has 4 heteroatoms. The normalized spacial score (nSPS) is 27.9. The van der Waals surface area contributed by atoms with Crippen LogP contribution in [0.15, 0.2) is 70.9 Å². The second-order valence-electron chi connectivity index (χ2n) is 12.2. The molecule has 1 aromatic carbocycles. The van der Waals surface area contributed by atoms with Crippen LogP contribution in [0.5, 0.6) is 0 Å². The molecule has 0 spiro atoms.